The Morgan fingerprint density at radius 2 is 1.94 bits per heavy atom. The van der Waals surface area contributed by atoms with Crippen molar-refractivity contribution in [1.82, 2.24) is 0 Å². The van der Waals surface area contributed by atoms with E-state index in [1.807, 2.05) is 6.07 Å². The number of rotatable bonds is 3. The van der Waals surface area contributed by atoms with Crippen LogP contribution < -0.4 is 4.74 Å². The van der Waals surface area contributed by atoms with Crippen LogP contribution in [0.5, 0.6) is 5.75 Å². The van der Waals surface area contributed by atoms with E-state index in [0.29, 0.717) is 6.42 Å². The molecule has 0 spiro atoms. The van der Waals surface area contributed by atoms with Gasteiger partial charge in [-0.1, -0.05) is 6.07 Å². The van der Waals surface area contributed by atoms with Crippen molar-refractivity contribution < 1.29 is 14.6 Å². The second-order valence-electron chi connectivity index (χ2n) is 5.30. The van der Waals surface area contributed by atoms with Gasteiger partial charge in [-0.3, -0.25) is 0 Å². The monoisotopic (exact) mass is 248 g/mol. The van der Waals surface area contributed by atoms with Crippen LogP contribution in [0.25, 0.3) is 0 Å². The maximum absolute atomic E-state index is 9.54. The van der Waals surface area contributed by atoms with Gasteiger partial charge in [0.25, 0.3) is 0 Å². The van der Waals surface area contributed by atoms with Crippen LogP contribution in [0.3, 0.4) is 0 Å². The van der Waals surface area contributed by atoms with Gasteiger partial charge in [0.2, 0.25) is 0 Å². The van der Waals surface area contributed by atoms with Gasteiger partial charge < -0.3 is 14.6 Å². The molecule has 1 aromatic carbocycles. The van der Waals surface area contributed by atoms with E-state index in [1.54, 1.807) is 7.11 Å². The Bertz CT molecular complexity index is 430. The van der Waals surface area contributed by atoms with Crippen molar-refractivity contribution in [2.75, 3.05) is 7.11 Å². The molecule has 2 aliphatic carbocycles. The van der Waals surface area contributed by atoms with Crippen LogP contribution in [-0.2, 0) is 17.6 Å². The number of benzene rings is 1. The van der Waals surface area contributed by atoms with Crippen LogP contribution in [0.1, 0.15) is 30.4 Å². The molecule has 1 aromatic rings. The SMILES string of the molecule is COC1C(O)CC1Oc1ccc2c(c1)CCCC2. The van der Waals surface area contributed by atoms with Gasteiger partial charge in [0.05, 0.1) is 6.10 Å². The quantitative estimate of drug-likeness (QED) is 0.890. The third kappa shape index (κ3) is 2.13. The molecule has 0 heterocycles. The molecule has 1 N–H and O–H groups in total. The number of methoxy groups -OCH3 is 1. The average molecular weight is 248 g/mol. The van der Waals surface area contributed by atoms with Crippen molar-refractivity contribution in [1.29, 1.82) is 0 Å². The molecule has 0 saturated heterocycles. The van der Waals surface area contributed by atoms with Crippen molar-refractivity contribution in [3.05, 3.63) is 29.3 Å². The fraction of sp³-hybridized carbons (Fsp3) is 0.600. The third-order valence-electron chi connectivity index (χ3n) is 4.10. The first kappa shape index (κ1) is 12.0. The molecular weight excluding hydrogens is 228 g/mol. The predicted octanol–water partition coefficient (Wildman–Crippen LogP) is 2.09. The van der Waals surface area contributed by atoms with Crippen molar-refractivity contribution in [3.8, 4) is 5.75 Å². The molecule has 0 amide bonds. The minimum atomic E-state index is -0.377. The van der Waals surface area contributed by atoms with Crippen LogP contribution in [-0.4, -0.2) is 30.5 Å². The van der Waals surface area contributed by atoms with Crippen LogP contribution in [0, 0.1) is 0 Å². The summed E-state index contributed by atoms with van der Waals surface area (Å²) < 4.78 is 11.1. The van der Waals surface area contributed by atoms with Gasteiger partial charge in [-0.15, -0.1) is 0 Å². The van der Waals surface area contributed by atoms with Gasteiger partial charge in [-0.25, -0.2) is 0 Å². The van der Waals surface area contributed by atoms with Crippen molar-refractivity contribution >= 4 is 0 Å². The number of hydrogen-bond donors (Lipinski definition) is 1. The highest BCUT2D eigenvalue weighted by molar-refractivity contribution is 5.37. The molecule has 3 unspecified atom stereocenters. The Morgan fingerprint density at radius 1 is 1.17 bits per heavy atom. The van der Waals surface area contributed by atoms with Gasteiger partial charge in [-0.05, 0) is 48.9 Å². The molecule has 3 heteroatoms. The molecule has 0 radical (unpaired) electrons. The first-order valence-corrected chi connectivity index (χ1v) is 6.77. The van der Waals surface area contributed by atoms with Gasteiger partial charge in [0, 0.05) is 13.5 Å². The van der Waals surface area contributed by atoms with E-state index in [0.717, 1.165) is 12.2 Å². The summed E-state index contributed by atoms with van der Waals surface area (Å²) in [4.78, 5) is 0. The summed E-state index contributed by atoms with van der Waals surface area (Å²) in [6.07, 6.45) is 5.03. The summed E-state index contributed by atoms with van der Waals surface area (Å²) in [6, 6.07) is 6.38. The maximum Gasteiger partial charge on any atom is 0.130 e. The number of ether oxygens (including phenoxy) is 2. The first-order valence-electron chi connectivity index (χ1n) is 6.77. The molecule has 2 aliphatic rings. The van der Waals surface area contributed by atoms with Crippen molar-refractivity contribution in [2.24, 2.45) is 0 Å². The fourth-order valence-electron chi connectivity index (χ4n) is 2.94. The molecule has 98 valence electrons. The minimum absolute atomic E-state index is 0.00774. The second-order valence-corrected chi connectivity index (χ2v) is 5.30. The topological polar surface area (TPSA) is 38.7 Å². The molecule has 3 rings (SSSR count). The van der Waals surface area contributed by atoms with E-state index >= 15 is 0 Å². The third-order valence-corrected chi connectivity index (χ3v) is 4.10. The minimum Gasteiger partial charge on any atom is -0.488 e. The summed E-state index contributed by atoms with van der Waals surface area (Å²) in [7, 11) is 1.62. The highest BCUT2D eigenvalue weighted by Gasteiger charge is 2.42. The second kappa shape index (κ2) is 4.90. The zero-order valence-electron chi connectivity index (χ0n) is 10.8. The molecule has 1 saturated carbocycles. The molecule has 3 atom stereocenters. The van der Waals surface area contributed by atoms with Crippen LogP contribution in [0.2, 0.25) is 0 Å². The van der Waals surface area contributed by atoms with Gasteiger partial charge >= 0.3 is 0 Å². The van der Waals surface area contributed by atoms with E-state index in [1.165, 1.54) is 30.4 Å². The van der Waals surface area contributed by atoms with E-state index in [4.69, 9.17) is 9.47 Å². The fourth-order valence-corrected chi connectivity index (χ4v) is 2.94. The molecule has 1 fully saturated rings. The van der Waals surface area contributed by atoms with Gasteiger partial charge in [0.15, 0.2) is 0 Å². The van der Waals surface area contributed by atoms with Crippen LogP contribution >= 0.6 is 0 Å². The lowest BCUT2D eigenvalue weighted by atomic mass is 9.88. The molecular formula is C15H20O3. The number of aliphatic hydroxyl groups is 1. The summed E-state index contributed by atoms with van der Waals surface area (Å²) >= 11 is 0. The van der Waals surface area contributed by atoms with Gasteiger partial charge in [-0.2, -0.15) is 0 Å². The van der Waals surface area contributed by atoms with Crippen LogP contribution in [0.4, 0.5) is 0 Å². The Kier molecular flexibility index (Phi) is 3.27. The number of aryl methyl sites for hydroxylation is 2. The lowest BCUT2D eigenvalue weighted by Gasteiger charge is -2.40. The molecule has 0 aromatic heterocycles. The summed E-state index contributed by atoms with van der Waals surface area (Å²) in [5.74, 6) is 0.912. The Hall–Kier alpha value is -1.06. The summed E-state index contributed by atoms with van der Waals surface area (Å²) in [5, 5.41) is 9.54. The lowest BCUT2D eigenvalue weighted by molar-refractivity contribution is -0.149. The molecule has 0 aliphatic heterocycles. The van der Waals surface area contributed by atoms with E-state index in [9.17, 15) is 5.11 Å². The maximum atomic E-state index is 9.54. The average Bonchev–Trinajstić information content (AvgIpc) is 2.38. The zero-order chi connectivity index (χ0) is 12.5. The lowest BCUT2D eigenvalue weighted by Crippen LogP contribution is -2.54. The Labute approximate surface area is 108 Å². The van der Waals surface area contributed by atoms with Crippen molar-refractivity contribution in [3.63, 3.8) is 0 Å². The number of hydrogen-bond acceptors (Lipinski definition) is 3. The predicted molar refractivity (Wildman–Crippen MR) is 68.9 cm³/mol. The summed E-state index contributed by atoms with van der Waals surface area (Å²) in [6.45, 7) is 0. The smallest absolute Gasteiger partial charge is 0.130 e. The van der Waals surface area contributed by atoms with Crippen LogP contribution in [0.15, 0.2) is 18.2 Å². The standard InChI is InChI=1S/C15H20O3/c1-17-15-13(16)9-14(15)18-12-7-6-10-4-2-3-5-11(10)8-12/h6-8,13-16H,2-5,9H2,1H3. The van der Waals surface area contributed by atoms with E-state index < -0.39 is 0 Å². The molecule has 18 heavy (non-hydrogen) atoms. The normalized spacial score (nSPS) is 30.4. The molecule has 0 bridgehead atoms. The number of aliphatic hydroxyl groups excluding tert-OH is 1. The molecule has 3 nitrogen and oxygen atoms in total. The first-order chi connectivity index (χ1) is 8.78. The van der Waals surface area contributed by atoms with Crippen molar-refractivity contribution in [2.45, 2.75) is 50.4 Å². The Morgan fingerprint density at radius 3 is 2.67 bits per heavy atom. The van der Waals surface area contributed by atoms with E-state index in [2.05, 4.69) is 12.1 Å². The number of fused-ring (bicyclic) bond motifs is 1. The largest absolute Gasteiger partial charge is 0.488 e. The highest BCUT2D eigenvalue weighted by Crippen LogP contribution is 2.31. The Balaban J connectivity index is 1.70. The highest BCUT2D eigenvalue weighted by atomic mass is 16.6. The summed E-state index contributed by atoms with van der Waals surface area (Å²) in [5.41, 5.74) is 2.89. The zero-order valence-corrected chi connectivity index (χ0v) is 10.8. The van der Waals surface area contributed by atoms with E-state index in [-0.39, 0.29) is 18.3 Å². The van der Waals surface area contributed by atoms with Gasteiger partial charge in [0.1, 0.15) is 18.0 Å².